The second-order valence-electron chi connectivity index (χ2n) is 6.45. The van der Waals surface area contributed by atoms with Crippen LogP contribution in [0.2, 0.25) is 0 Å². The van der Waals surface area contributed by atoms with E-state index in [2.05, 4.69) is 11.2 Å². The van der Waals surface area contributed by atoms with Crippen molar-refractivity contribution in [1.82, 2.24) is 4.90 Å². The van der Waals surface area contributed by atoms with Crippen LogP contribution >= 0.6 is 11.8 Å². The molecule has 1 aromatic rings. The third-order valence-electron chi connectivity index (χ3n) is 5.05. The smallest absolute Gasteiger partial charge is 0.254 e. The molecule has 4 nitrogen and oxygen atoms in total. The zero-order valence-corrected chi connectivity index (χ0v) is 15.6. The highest BCUT2D eigenvalue weighted by molar-refractivity contribution is 7.99. The molecule has 3 rings (SSSR count). The maximum atomic E-state index is 13.1. The van der Waals surface area contributed by atoms with Gasteiger partial charge in [-0.2, -0.15) is 11.8 Å². The summed E-state index contributed by atoms with van der Waals surface area (Å²) in [5.41, 5.74) is 0.710. The fourth-order valence-electron chi connectivity index (χ4n) is 3.98. The number of ether oxygens (including phenoxy) is 2. The number of fused-ring (bicyclic) bond motifs is 2. The molecule has 2 atom stereocenters. The van der Waals surface area contributed by atoms with E-state index in [9.17, 15) is 4.79 Å². The van der Waals surface area contributed by atoms with Crippen molar-refractivity contribution in [2.45, 2.75) is 56.9 Å². The van der Waals surface area contributed by atoms with E-state index in [4.69, 9.17) is 9.47 Å². The largest absolute Gasteiger partial charge is 0.490 e. The molecule has 0 saturated carbocycles. The molecule has 132 valence electrons. The average molecular weight is 349 g/mol. The lowest BCUT2D eigenvalue weighted by Crippen LogP contribution is -2.47. The van der Waals surface area contributed by atoms with Gasteiger partial charge in [-0.25, -0.2) is 0 Å². The summed E-state index contributed by atoms with van der Waals surface area (Å²) in [4.78, 5) is 15.2. The number of rotatable bonds is 6. The molecular formula is C19H27NO3S. The Bertz CT molecular complexity index is 578. The van der Waals surface area contributed by atoms with Crippen molar-refractivity contribution < 1.29 is 14.3 Å². The van der Waals surface area contributed by atoms with Gasteiger partial charge in [0.25, 0.3) is 5.91 Å². The Hall–Kier alpha value is -1.36. The molecule has 2 aliphatic rings. The molecule has 2 fully saturated rings. The standard InChI is InChI=1S/C19H27NO3S/c1-4-22-17-9-6-13(10-18(17)23-5-2)19(21)20-14-7-8-15(20)12-16(11-14)24-3/h6,9-10,14-16H,4-5,7-8,11-12H2,1-3H3. The van der Waals surface area contributed by atoms with Crippen LogP contribution in [0.3, 0.4) is 0 Å². The van der Waals surface area contributed by atoms with Crippen molar-refractivity contribution in [3.63, 3.8) is 0 Å². The van der Waals surface area contributed by atoms with Gasteiger partial charge >= 0.3 is 0 Å². The van der Waals surface area contributed by atoms with Crippen LogP contribution in [0.5, 0.6) is 11.5 Å². The van der Waals surface area contributed by atoms with Gasteiger partial charge in [0.1, 0.15) is 0 Å². The van der Waals surface area contributed by atoms with Crippen molar-refractivity contribution in [2.24, 2.45) is 0 Å². The van der Waals surface area contributed by atoms with Gasteiger partial charge in [0.15, 0.2) is 11.5 Å². The van der Waals surface area contributed by atoms with Crippen LogP contribution in [-0.2, 0) is 0 Å². The molecule has 2 bridgehead atoms. The third-order valence-corrected chi connectivity index (χ3v) is 6.10. The lowest BCUT2D eigenvalue weighted by molar-refractivity contribution is 0.0601. The molecule has 0 aliphatic carbocycles. The SMILES string of the molecule is CCOc1ccc(C(=O)N2C3CCC2CC(SC)C3)cc1OCC. The lowest BCUT2D eigenvalue weighted by Gasteiger charge is -2.38. The highest BCUT2D eigenvalue weighted by Gasteiger charge is 2.43. The third kappa shape index (κ3) is 3.37. The van der Waals surface area contributed by atoms with E-state index in [1.807, 2.05) is 43.8 Å². The molecule has 2 heterocycles. The molecule has 2 unspecified atom stereocenters. The molecule has 0 N–H and O–H groups in total. The van der Waals surface area contributed by atoms with Crippen LogP contribution in [-0.4, -0.2) is 47.6 Å². The van der Waals surface area contributed by atoms with Gasteiger partial charge in [-0.15, -0.1) is 0 Å². The number of hydrogen-bond acceptors (Lipinski definition) is 4. The van der Waals surface area contributed by atoms with E-state index in [0.717, 1.165) is 25.7 Å². The first-order valence-corrected chi connectivity index (χ1v) is 10.2. The fourth-order valence-corrected chi connectivity index (χ4v) is 4.81. The molecule has 1 amide bonds. The maximum Gasteiger partial charge on any atom is 0.254 e. The first kappa shape index (κ1) is 17.5. The molecule has 24 heavy (non-hydrogen) atoms. The van der Waals surface area contributed by atoms with E-state index >= 15 is 0 Å². The Labute approximate surface area is 148 Å². The summed E-state index contributed by atoms with van der Waals surface area (Å²) in [6.07, 6.45) is 6.71. The number of hydrogen-bond donors (Lipinski definition) is 0. The Balaban J connectivity index is 1.81. The van der Waals surface area contributed by atoms with Crippen LogP contribution < -0.4 is 9.47 Å². The van der Waals surface area contributed by atoms with Crippen molar-refractivity contribution in [3.05, 3.63) is 23.8 Å². The molecule has 0 radical (unpaired) electrons. The van der Waals surface area contributed by atoms with Gasteiger partial charge < -0.3 is 14.4 Å². The molecule has 0 spiro atoms. The zero-order chi connectivity index (χ0) is 17.1. The summed E-state index contributed by atoms with van der Waals surface area (Å²) in [7, 11) is 0. The van der Waals surface area contributed by atoms with Crippen LogP contribution in [0, 0.1) is 0 Å². The monoisotopic (exact) mass is 349 g/mol. The van der Waals surface area contributed by atoms with Gasteiger partial charge in [0.2, 0.25) is 0 Å². The predicted molar refractivity (Wildman–Crippen MR) is 98.3 cm³/mol. The topological polar surface area (TPSA) is 38.8 Å². The van der Waals surface area contributed by atoms with Crippen molar-refractivity contribution in [3.8, 4) is 11.5 Å². The van der Waals surface area contributed by atoms with Crippen molar-refractivity contribution in [2.75, 3.05) is 19.5 Å². The van der Waals surface area contributed by atoms with E-state index in [1.54, 1.807) is 0 Å². The maximum absolute atomic E-state index is 13.1. The number of carbonyl (C=O) groups is 1. The quantitative estimate of drug-likeness (QED) is 0.779. The van der Waals surface area contributed by atoms with Gasteiger partial charge in [-0.3, -0.25) is 4.79 Å². The molecule has 0 aromatic heterocycles. The first-order chi connectivity index (χ1) is 11.7. The van der Waals surface area contributed by atoms with Crippen LogP contribution in [0.1, 0.15) is 49.9 Å². The summed E-state index contributed by atoms with van der Waals surface area (Å²) >= 11 is 1.94. The number of piperidine rings is 1. The van der Waals surface area contributed by atoms with E-state index in [0.29, 0.717) is 47.6 Å². The lowest BCUT2D eigenvalue weighted by atomic mass is 10.0. The minimum Gasteiger partial charge on any atom is -0.490 e. The second kappa shape index (κ2) is 7.68. The fraction of sp³-hybridized carbons (Fsp3) is 0.632. The van der Waals surface area contributed by atoms with Gasteiger partial charge in [-0.05, 0) is 64.0 Å². The Morgan fingerprint density at radius 3 is 2.33 bits per heavy atom. The first-order valence-electron chi connectivity index (χ1n) is 8.93. The average Bonchev–Trinajstić information content (AvgIpc) is 2.86. The van der Waals surface area contributed by atoms with Crippen molar-refractivity contribution >= 4 is 17.7 Å². The summed E-state index contributed by atoms with van der Waals surface area (Å²) in [6, 6.07) is 6.37. The summed E-state index contributed by atoms with van der Waals surface area (Å²) in [5, 5.41) is 0.700. The van der Waals surface area contributed by atoms with Gasteiger partial charge in [-0.1, -0.05) is 0 Å². The molecule has 1 aromatic carbocycles. The van der Waals surface area contributed by atoms with Crippen LogP contribution in [0.25, 0.3) is 0 Å². The number of nitrogens with zero attached hydrogens (tertiary/aromatic N) is 1. The van der Waals surface area contributed by atoms with Gasteiger partial charge in [0, 0.05) is 22.9 Å². The van der Waals surface area contributed by atoms with E-state index in [-0.39, 0.29) is 5.91 Å². The Kier molecular flexibility index (Phi) is 5.59. The van der Waals surface area contributed by atoms with Crippen LogP contribution in [0.15, 0.2) is 18.2 Å². The molecule has 5 heteroatoms. The molecule has 2 aliphatic heterocycles. The highest BCUT2D eigenvalue weighted by Crippen LogP contribution is 2.41. The normalized spacial score (nSPS) is 25.6. The Morgan fingerprint density at radius 2 is 1.75 bits per heavy atom. The predicted octanol–water partition coefficient (Wildman–Crippen LogP) is 3.98. The number of thioether (sulfide) groups is 1. The minimum atomic E-state index is 0.144. The van der Waals surface area contributed by atoms with Gasteiger partial charge in [0.05, 0.1) is 13.2 Å². The van der Waals surface area contributed by atoms with Crippen LogP contribution in [0.4, 0.5) is 0 Å². The Morgan fingerprint density at radius 1 is 1.12 bits per heavy atom. The number of carbonyl (C=O) groups excluding carboxylic acids is 1. The summed E-state index contributed by atoms with van der Waals surface area (Å²) in [6.45, 7) is 5.03. The number of benzene rings is 1. The highest BCUT2D eigenvalue weighted by atomic mass is 32.2. The molecular weight excluding hydrogens is 322 g/mol. The zero-order valence-electron chi connectivity index (χ0n) is 14.8. The second-order valence-corrected chi connectivity index (χ2v) is 7.59. The summed E-state index contributed by atoms with van der Waals surface area (Å²) < 4.78 is 11.3. The summed E-state index contributed by atoms with van der Waals surface area (Å²) in [5.74, 6) is 1.52. The minimum absolute atomic E-state index is 0.144. The van der Waals surface area contributed by atoms with E-state index < -0.39 is 0 Å². The number of amides is 1. The van der Waals surface area contributed by atoms with E-state index in [1.165, 1.54) is 0 Å². The van der Waals surface area contributed by atoms with Crippen molar-refractivity contribution in [1.29, 1.82) is 0 Å². The molecule has 2 saturated heterocycles.